The second kappa shape index (κ2) is 6.53. The summed E-state index contributed by atoms with van der Waals surface area (Å²) in [6.07, 6.45) is 1.47. The zero-order valence-corrected chi connectivity index (χ0v) is 10.4. The largest absolute Gasteiger partial charge is 0.396 e. The number of nitrogens with two attached hydrogens (primary N) is 1. The first-order valence-electron chi connectivity index (χ1n) is 6.24. The third kappa shape index (κ3) is 3.32. The fraction of sp³-hybridized carbons (Fsp3) is 0.583. The molecule has 2 heterocycles. The summed E-state index contributed by atoms with van der Waals surface area (Å²) in [4.78, 5) is 6.79. The molecule has 18 heavy (non-hydrogen) atoms. The van der Waals surface area contributed by atoms with Crippen LogP contribution in [0.25, 0.3) is 0 Å². The number of ether oxygens (including phenoxy) is 1. The number of anilines is 2. The van der Waals surface area contributed by atoms with E-state index < -0.39 is 0 Å². The topological polar surface area (TPSA) is 83.6 Å². The van der Waals surface area contributed by atoms with E-state index in [1.165, 1.54) is 0 Å². The maximum Gasteiger partial charge on any atom is 0.131 e. The van der Waals surface area contributed by atoms with Crippen LogP contribution in [0.4, 0.5) is 11.5 Å². The Kier molecular flexibility index (Phi) is 4.74. The normalized spacial score (nSPS) is 15.8. The number of nitrogens with zero attached hydrogens (tertiary/aromatic N) is 2. The monoisotopic (exact) mass is 252 g/mol. The minimum atomic E-state index is 0.175. The number of aliphatic hydroxyl groups excluding tert-OH is 1. The number of hydrazine groups is 1. The van der Waals surface area contributed by atoms with Gasteiger partial charge in [-0.2, -0.15) is 0 Å². The highest BCUT2D eigenvalue weighted by Crippen LogP contribution is 2.20. The van der Waals surface area contributed by atoms with Crippen LogP contribution in [0, 0.1) is 0 Å². The smallest absolute Gasteiger partial charge is 0.131 e. The van der Waals surface area contributed by atoms with Gasteiger partial charge in [-0.05, 0) is 18.9 Å². The number of aromatic nitrogens is 1. The average Bonchev–Trinajstić information content (AvgIpc) is 2.45. The Morgan fingerprint density at radius 1 is 1.39 bits per heavy atom. The van der Waals surface area contributed by atoms with Crippen molar-refractivity contribution in [2.75, 3.05) is 43.2 Å². The van der Waals surface area contributed by atoms with E-state index in [4.69, 9.17) is 15.7 Å². The van der Waals surface area contributed by atoms with E-state index in [2.05, 4.69) is 15.3 Å². The third-order valence-electron chi connectivity index (χ3n) is 2.96. The number of hydrogen-bond donors (Lipinski definition) is 3. The van der Waals surface area contributed by atoms with Crippen molar-refractivity contribution >= 4 is 11.5 Å². The van der Waals surface area contributed by atoms with Crippen LogP contribution in [0.2, 0.25) is 0 Å². The quantitative estimate of drug-likeness (QED) is 0.510. The molecule has 0 spiro atoms. The number of rotatable bonds is 5. The van der Waals surface area contributed by atoms with E-state index in [0.29, 0.717) is 6.42 Å². The first kappa shape index (κ1) is 13.1. The fourth-order valence-corrected chi connectivity index (χ4v) is 2.00. The lowest BCUT2D eigenvalue weighted by Gasteiger charge is -2.28. The van der Waals surface area contributed by atoms with E-state index in [1.54, 1.807) is 0 Å². The molecule has 0 unspecified atom stereocenters. The number of pyridine rings is 1. The van der Waals surface area contributed by atoms with Gasteiger partial charge in [0.05, 0.1) is 18.9 Å². The second-order valence-electron chi connectivity index (χ2n) is 4.28. The zero-order valence-electron chi connectivity index (χ0n) is 10.4. The van der Waals surface area contributed by atoms with Crippen molar-refractivity contribution in [2.24, 2.45) is 5.84 Å². The predicted molar refractivity (Wildman–Crippen MR) is 70.5 cm³/mol. The number of nitrogens with one attached hydrogen (secondary N) is 1. The Labute approximate surface area is 107 Å². The molecule has 1 aliphatic rings. The molecule has 0 atom stereocenters. The molecule has 1 saturated heterocycles. The number of aryl methyl sites for hydroxylation is 1. The summed E-state index contributed by atoms with van der Waals surface area (Å²) in [5.41, 5.74) is 4.45. The molecule has 0 aromatic carbocycles. The van der Waals surface area contributed by atoms with Crippen LogP contribution in [0.5, 0.6) is 0 Å². The summed E-state index contributed by atoms with van der Waals surface area (Å²) in [6, 6.07) is 3.85. The molecule has 0 saturated carbocycles. The summed E-state index contributed by atoms with van der Waals surface area (Å²) in [5, 5.41) is 8.88. The first-order chi connectivity index (χ1) is 8.83. The molecule has 1 aromatic heterocycles. The van der Waals surface area contributed by atoms with Crippen molar-refractivity contribution < 1.29 is 9.84 Å². The lowest BCUT2D eigenvalue weighted by molar-refractivity contribution is 0.122. The molecular formula is C12H20N4O2. The highest BCUT2D eigenvalue weighted by Gasteiger charge is 2.13. The number of nitrogen functional groups attached to an aromatic ring is 1. The van der Waals surface area contributed by atoms with Crippen LogP contribution >= 0.6 is 0 Å². The molecule has 0 radical (unpaired) electrons. The van der Waals surface area contributed by atoms with Gasteiger partial charge in [0.2, 0.25) is 0 Å². The SMILES string of the molecule is NNc1cc(CCCO)nc(N2CCOCC2)c1. The highest BCUT2D eigenvalue weighted by molar-refractivity contribution is 5.54. The Balaban J connectivity index is 2.16. The fourth-order valence-electron chi connectivity index (χ4n) is 2.00. The van der Waals surface area contributed by atoms with Crippen molar-refractivity contribution in [3.8, 4) is 0 Å². The molecule has 0 amide bonds. The van der Waals surface area contributed by atoms with Gasteiger partial charge in [0.15, 0.2) is 0 Å². The summed E-state index contributed by atoms with van der Waals surface area (Å²) < 4.78 is 5.33. The zero-order chi connectivity index (χ0) is 12.8. The number of hydrogen-bond acceptors (Lipinski definition) is 6. The summed E-state index contributed by atoms with van der Waals surface area (Å²) >= 11 is 0. The molecular weight excluding hydrogens is 232 g/mol. The van der Waals surface area contributed by atoms with Gasteiger partial charge in [0, 0.05) is 31.5 Å². The van der Waals surface area contributed by atoms with Crippen molar-refractivity contribution in [3.05, 3.63) is 17.8 Å². The molecule has 1 fully saturated rings. The highest BCUT2D eigenvalue weighted by atomic mass is 16.5. The van der Waals surface area contributed by atoms with Crippen LogP contribution < -0.4 is 16.2 Å². The van der Waals surface area contributed by atoms with Crippen LogP contribution in [0.15, 0.2) is 12.1 Å². The molecule has 1 aliphatic heterocycles. The maximum atomic E-state index is 8.88. The minimum Gasteiger partial charge on any atom is -0.396 e. The molecule has 1 aromatic rings. The van der Waals surface area contributed by atoms with Crippen molar-refractivity contribution in [2.45, 2.75) is 12.8 Å². The summed E-state index contributed by atoms with van der Waals surface area (Å²) in [5.74, 6) is 6.39. The molecule has 2 rings (SSSR count). The number of morpholine rings is 1. The van der Waals surface area contributed by atoms with Gasteiger partial charge in [0.1, 0.15) is 5.82 Å². The summed E-state index contributed by atoms with van der Waals surface area (Å²) in [6.45, 7) is 3.33. The van der Waals surface area contributed by atoms with E-state index in [1.807, 2.05) is 12.1 Å². The lowest BCUT2D eigenvalue weighted by Crippen LogP contribution is -2.37. The first-order valence-corrected chi connectivity index (χ1v) is 6.24. The van der Waals surface area contributed by atoms with E-state index in [-0.39, 0.29) is 6.61 Å². The summed E-state index contributed by atoms with van der Waals surface area (Å²) in [7, 11) is 0. The average molecular weight is 252 g/mol. The molecule has 0 aliphatic carbocycles. The van der Waals surface area contributed by atoms with Crippen molar-refractivity contribution in [3.63, 3.8) is 0 Å². The van der Waals surface area contributed by atoms with Gasteiger partial charge in [-0.15, -0.1) is 0 Å². The van der Waals surface area contributed by atoms with Crippen LogP contribution in [-0.2, 0) is 11.2 Å². The van der Waals surface area contributed by atoms with Gasteiger partial charge >= 0.3 is 0 Å². The Bertz CT molecular complexity index is 380. The minimum absolute atomic E-state index is 0.175. The molecule has 6 heteroatoms. The van der Waals surface area contributed by atoms with Crippen LogP contribution in [0.1, 0.15) is 12.1 Å². The molecule has 100 valence electrons. The van der Waals surface area contributed by atoms with Gasteiger partial charge in [0.25, 0.3) is 0 Å². The predicted octanol–water partition coefficient (Wildman–Crippen LogP) is 0.129. The third-order valence-corrected chi connectivity index (χ3v) is 2.96. The van der Waals surface area contributed by atoms with E-state index in [0.717, 1.165) is 49.9 Å². The standard InChI is InChI=1S/C12H20N4O2/c13-15-11-8-10(2-1-5-17)14-12(9-11)16-3-6-18-7-4-16/h8-9,17H,1-7,13H2,(H,14,15). The van der Waals surface area contributed by atoms with Crippen LogP contribution in [-0.4, -0.2) is 43.0 Å². The van der Waals surface area contributed by atoms with Crippen molar-refractivity contribution in [1.29, 1.82) is 0 Å². The Morgan fingerprint density at radius 2 is 2.17 bits per heavy atom. The second-order valence-corrected chi connectivity index (χ2v) is 4.28. The van der Waals surface area contributed by atoms with Gasteiger partial charge in [-0.1, -0.05) is 0 Å². The van der Waals surface area contributed by atoms with Crippen LogP contribution in [0.3, 0.4) is 0 Å². The lowest BCUT2D eigenvalue weighted by atomic mass is 10.2. The Morgan fingerprint density at radius 3 is 2.83 bits per heavy atom. The van der Waals surface area contributed by atoms with E-state index >= 15 is 0 Å². The van der Waals surface area contributed by atoms with Gasteiger partial charge in [-0.3, -0.25) is 5.84 Å². The molecule has 0 bridgehead atoms. The van der Waals surface area contributed by atoms with Gasteiger partial charge in [-0.25, -0.2) is 4.98 Å². The molecule has 6 nitrogen and oxygen atoms in total. The Hall–Kier alpha value is -1.37. The van der Waals surface area contributed by atoms with Crippen molar-refractivity contribution in [1.82, 2.24) is 4.98 Å². The maximum absolute atomic E-state index is 8.88. The number of aliphatic hydroxyl groups is 1. The molecule has 4 N–H and O–H groups in total. The van der Waals surface area contributed by atoms with Gasteiger partial charge < -0.3 is 20.2 Å². The van der Waals surface area contributed by atoms with E-state index in [9.17, 15) is 0 Å².